The van der Waals surface area contributed by atoms with Gasteiger partial charge in [-0.25, -0.2) is 9.78 Å². The molecule has 11 heteroatoms. The van der Waals surface area contributed by atoms with E-state index < -0.39 is 30.1 Å². The molecule has 0 spiro atoms. The van der Waals surface area contributed by atoms with Crippen molar-refractivity contribution in [1.82, 2.24) is 14.9 Å². The van der Waals surface area contributed by atoms with E-state index in [4.69, 9.17) is 5.11 Å². The fraction of sp³-hybridized carbons (Fsp3) is 0.500. The predicted octanol–water partition coefficient (Wildman–Crippen LogP) is 0.812. The van der Waals surface area contributed by atoms with Crippen LogP contribution in [-0.4, -0.2) is 44.9 Å². The molecule has 2 rings (SSSR count). The number of aromatic nitrogens is 2. The topological polar surface area (TPSA) is 109 Å². The van der Waals surface area contributed by atoms with Crippen molar-refractivity contribution in [2.75, 3.05) is 6.54 Å². The summed E-state index contributed by atoms with van der Waals surface area (Å²) < 4.78 is 38.6. The van der Waals surface area contributed by atoms with Crippen LogP contribution >= 0.6 is 0 Å². The second kappa shape index (κ2) is 5.14. The molecule has 8 nitrogen and oxygen atoms in total. The molecule has 1 aromatic heterocycles. The molecule has 2 N–H and O–H groups in total. The molecule has 0 aliphatic carbocycles. The summed E-state index contributed by atoms with van der Waals surface area (Å²) >= 11 is 0. The molecular weight excluding hydrogens is 295 g/mol. The van der Waals surface area contributed by atoms with Gasteiger partial charge in [-0.05, 0) is 0 Å². The van der Waals surface area contributed by atoms with E-state index in [2.05, 4.69) is 20.5 Å². The van der Waals surface area contributed by atoms with Gasteiger partial charge in [0.25, 0.3) is 5.66 Å². The average Bonchev–Trinajstić information content (AvgIpc) is 3.01. The lowest BCUT2D eigenvalue weighted by Crippen LogP contribution is -2.37. The van der Waals surface area contributed by atoms with Crippen molar-refractivity contribution >= 4 is 11.9 Å². The summed E-state index contributed by atoms with van der Waals surface area (Å²) in [6, 6.07) is 0. The largest absolute Gasteiger partial charge is 0.476 e. The number of hydrogen-bond donors (Lipinski definition) is 2. The molecule has 0 radical (unpaired) electrons. The Labute approximate surface area is 115 Å². The quantitative estimate of drug-likeness (QED) is 0.810. The van der Waals surface area contributed by atoms with Crippen LogP contribution in [0.25, 0.3) is 0 Å². The Balaban J connectivity index is 1.76. The number of imidazole rings is 1. The third kappa shape index (κ3) is 3.35. The molecule has 2 heterocycles. The Morgan fingerprint density at radius 1 is 1.38 bits per heavy atom. The van der Waals surface area contributed by atoms with Crippen molar-refractivity contribution in [2.24, 2.45) is 10.2 Å². The second-order valence-corrected chi connectivity index (χ2v) is 4.35. The molecule has 1 aliphatic heterocycles. The Kier molecular flexibility index (Phi) is 3.66. The average molecular weight is 305 g/mol. The Morgan fingerprint density at radius 3 is 2.52 bits per heavy atom. The van der Waals surface area contributed by atoms with E-state index in [9.17, 15) is 22.8 Å². The van der Waals surface area contributed by atoms with E-state index in [1.807, 2.05) is 0 Å². The molecular formula is C10H10F3N5O3. The summed E-state index contributed by atoms with van der Waals surface area (Å²) in [6.07, 6.45) is -2.73. The summed E-state index contributed by atoms with van der Waals surface area (Å²) in [5.74, 6) is -1.81. The number of alkyl halides is 3. The SMILES string of the molecule is O=C(Cn1cnc(C(=O)O)c1)NCCC1(C(F)(F)F)N=N1. The number of nitrogens with one attached hydrogen (secondary N) is 1. The van der Waals surface area contributed by atoms with Gasteiger partial charge in [0.2, 0.25) is 5.91 Å². The van der Waals surface area contributed by atoms with Crippen LogP contribution in [0.15, 0.2) is 22.8 Å². The Hall–Kier alpha value is -2.46. The number of carbonyl (C=O) groups is 2. The van der Waals surface area contributed by atoms with Crippen LogP contribution in [0, 0.1) is 0 Å². The van der Waals surface area contributed by atoms with E-state index in [1.165, 1.54) is 4.57 Å². The minimum atomic E-state index is -4.56. The van der Waals surface area contributed by atoms with Crippen LogP contribution in [0.1, 0.15) is 16.9 Å². The zero-order valence-electron chi connectivity index (χ0n) is 10.5. The highest BCUT2D eigenvalue weighted by atomic mass is 19.4. The number of aromatic carboxylic acids is 1. The van der Waals surface area contributed by atoms with E-state index in [1.54, 1.807) is 0 Å². The highest BCUT2D eigenvalue weighted by Gasteiger charge is 2.63. The van der Waals surface area contributed by atoms with Crippen molar-refractivity contribution in [3.05, 3.63) is 18.2 Å². The van der Waals surface area contributed by atoms with Crippen LogP contribution in [0.5, 0.6) is 0 Å². The summed E-state index contributed by atoms with van der Waals surface area (Å²) in [6.45, 7) is -0.487. The maximum atomic E-state index is 12.5. The molecule has 0 unspecified atom stereocenters. The molecule has 114 valence electrons. The van der Waals surface area contributed by atoms with Gasteiger partial charge in [-0.2, -0.15) is 13.2 Å². The molecule has 0 aromatic carbocycles. The highest BCUT2D eigenvalue weighted by Crippen LogP contribution is 2.46. The first-order valence-corrected chi connectivity index (χ1v) is 5.76. The third-order valence-electron chi connectivity index (χ3n) is 2.77. The first-order chi connectivity index (χ1) is 9.73. The molecule has 1 amide bonds. The van der Waals surface area contributed by atoms with Crippen LogP contribution in [0.3, 0.4) is 0 Å². The first kappa shape index (κ1) is 14.9. The number of amides is 1. The molecule has 0 saturated carbocycles. The molecule has 21 heavy (non-hydrogen) atoms. The summed E-state index contributed by atoms with van der Waals surface area (Å²) in [5.41, 5.74) is -2.61. The van der Waals surface area contributed by atoms with E-state index in [-0.39, 0.29) is 18.8 Å². The fourth-order valence-corrected chi connectivity index (χ4v) is 1.57. The van der Waals surface area contributed by atoms with Gasteiger partial charge < -0.3 is 15.0 Å². The molecule has 0 atom stereocenters. The Bertz CT molecular complexity index is 589. The number of carbonyl (C=O) groups excluding carboxylic acids is 1. The Morgan fingerprint density at radius 2 is 2.05 bits per heavy atom. The smallest absolute Gasteiger partial charge is 0.437 e. The van der Waals surface area contributed by atoms with Gasteiger partial charge in [-0.3, -0.25) is 4.79 Å². The van der Waals surface area contributed by atoms with Crippen molar-refractivity contribution < 1.29 is 27.9 Å². The molecule has 1 aliphatic rings. The number of carboxylic acid groups (broad SMARTS) is 1. The number of nitrogens with zero attached hydrogens (tertiary/aromatic N) is 4. The van der Waals surface area contributed by atoms with Gasteiger partial charge in [-0.15, -0.1) is 10.2 Å². The van der Waals surface area contributed by atoms with Crippen molar-refractivity contribution in [3.63, 3.8) is 0 Å². The van der Waals surface area contributed by atoms with Crippen molar-refractivity contribution in [3.8, 4) is 0 Å². The van der Waals surface area contributed by atoms with Gasteiger partial charge in [0, 0.05) is 19.2 Å². The van der Waals surface area contributed by atoms with Crippen LogP contribution in [0.2, 0.25) is 0 Å². The maximum absolute atomic E-state index is 12.5. The zero-order valence-corrected chi connectivity index (χ0v) is 10.5. The zero-order chi connectivity index (χ0) is 15.7. The van der Waals surface area contributed by atoms with Crippen LogP contribution in [0.4, 0.5) is 13.2 Å². The lowest BCUT2D eigenvalue weighted by molar-refractivity contribution is -0.165. The van der Waals surface area contributed by atoms with Gasteiger partial charge in [0.1, 0.15) is 6.54 Å². The summed E-state index contributed by atoms with van der Waals surface area (Å²) in [5, 5.41) is 16.9. The number of hydrogen-bond acceptors (Lipinski definition) is 5. The van der Waals surface area contributed by atoms with Gasteiger partial charge >= 0.3 is 12.1 Å². The lowest BCUT2D eigenvalue weighted by atomic mass is 10.1. The van der Waals surface area contributed by atoms with Gasteiger partial charge in [0.05, 0.1) is 6.33 Å². The third-order valence-corrected chi connectivity index (χ3v) is 2.77. The molecule has 1 aromatic rings. The van der Waals surface area contributed by atoms with E-state index in [0.29, 0.717) is 0 Å². The highest BCUT2D eigenvalue weighted by molar-refractivity contribution is 5.85. The van der Waals surface area contributed by atoms with Crippen molar-refractivity contribution in [1.29, 1.82) is 0 Å². The minimum Gasteiger partial charge on any atom is -0.476 e. The monoisotopic (exact) mass is 305 g/mol. The van der Waals surface area contributed by atoms with Gasteiger partial charge in [0.15, 0.2) is 5.69 Å². The minimum absolute atomic E-state index is 0.227. The second-order valence-electron chi connectivity index (χ2n) is 4.35. The van der Waals surface area contributed by atoms with Gasteiger partial charge in [-0.1, -0.05) is 0 Å². The maximum Gasteiger partial charge on any atom is 0.437 e. The predicted molar refractivity (Wildman–Crippen MR) is 60.5 cm³/mol. The fourth-order valence-electron chi connectivity index (χ4n) is 1.57. The summed E-state index contributed by atoms with van der Waals surface area (Å²) in [4.78, 5) is 25.6. The standard InChI is InChI=1S/C10H10F3N5O3/c11-10(12,13)9(16-17-9)1-2-14-7(19)4-18-3-6(8(20)21)15-5-18/h3,5H,1-2,4H2,(H,14,19)(H,20,21). The lowest BCUT2D eigenvalue weighted by Gasteiger charge is -2.14. The van der Waals surface area contributed by atoms with Crippen LogP contribution in [-0.2, 0) is 11.3 Å². The normalized spacial score (nSPS) is 15.8. The number of rotatable bonds is 6. The van der Waals surface area contributed by atoms with Crippen molar-refractivity contribution in [2.45, 2.75) is 24.8 Å². The molecule has 0 bridgehead atoms. The van der Waals surface area contributed by atoms with E-state index >= 15 is 0 Å². The molecule has 0 fully saturated rings. The number of carboxylic acids is 1. The molecule has 0 saturated heterocycles. The first-order valence-electron chi connectivity index (χ1n) is 5.76. The summed E-state index contributed by atoms with van der Waals surface area (Å²) in [7, 11) is 0. The van der Waals surface area contributed by atoms with Crippen LogP contribution < -0.4 is 5.32 Å². The van der Waals surface area contributed by atoms with E-state index in [0.717, 1.165) is 12.5 Å². The number of halogens is 3.